The Balaban J connectivity index is 2.06. The van der Waals surface area contributed by atoms with Gasteiger partial charge in [-0.05, 0) is 43.6 Å². The SMILES string of the molecule is OCc1ccc(O)c(CN2CCCCC2)c1. The number of likely N-dealkylation sites (tertiary alicyclic amines) is 1. The van der Waals surface area contributed by atoms with Crippen LogP contribution in [-0.4, -0.2) is 28.2 Å². The van der Waals surface area contributed by atoms with Crippen LogP contribution in [0.2, 0.25) is 0 Å². The Labute approximate surface area is 96.3 Å². The van der Waals surface area contributed by atoms with Gasteiger partial charge in [0.25, 0.3) is 0 Å². The zero-order valence-electron chi connectivity index (χ0n) is 9.52. The van der Waals surface area contributed by atoms with Gasteiger partial charge in [-0.15, -0.1) is 0 Å². The molecule has 1 aromatic rings. The minimum atomic E-state index is 0.0350. The van der Waals surface area contributed by atoms with Gasteiger partial charge in [-0.2, -0.15) is 0 Å². The molecule has 1 fully saturated rings. The van der Waals surface area contributed by atoms with Crippen molar-refractivity contribution in [1.29, 1.82) is 0 Å². The van der Waals surface area contributed by atoms with Crippen LogP contribution in [0.3, 0.4) is 0 Å². The summed E-state index contributed by atoms with van der Waals surface area (Å²) in [5, 5.41) is 18.8. The Morgan fingerprint density at radius 3 is 2.56 bits per heavy atom. The Morgan fingerprint density at radius 2 is 1.88 bits per heavy atom. The lowest BCUT2D eigenvalue weighted by Gasteiger charge is -2.26. The predicted molar refractivity (Wildman–Crippen MR) is 63.2 cm³/mol. The lowest BCUT2D eigenvalue weighted by atomic mass is 10.1. The number of hydrogen-bond acceptors (Lipinski definition) is 3. The summed E-state index contributed by atoms with van der Waals surface area (Å²) in [6.07, 6.45) is 3.82. The van der Waals surface area contributed by atoms with Gasteiger partial charge in [0, 0.05) is 12.1 Å². The molecule has 3 heteroatoms. The minimum Gasteiger partial charge on any atom is -0.508 e. The number of aromatic hydroxyl groups is 1. The average Bonchev–Trinajstić information content (AvgIpc) is 2.33. The van der Waals surface area contributed by atoms with E-state index >= 15 is 0 Å². The van der Waals surface area contributed by atoms with E-state index < -0.39 is 0 Å². The van der Waals surface area contributed by atoms with E-state index in [4.69, 9.17) is 5.11 Å². The summed E-state index contributed by atoms with van der Waals surface area (Å²) < 4.78 is 0. The normalized spacial score (nSPS) is 17.6. The van der Waals surface area contributed by atoms with Crippen LogP contribution in [0.5, 0.6) is 5.75 Å². The quantitative estimate of drug-likeness (QED) is 0.819. The number of benzene rings is 1. The fourth-order valence-corrected chi connectivity index (χ4v) is 2.22. The molecule has 3 nitrogen and oxygen atoms in total. The second-order valence-corrected chi connectivity index (χ2v) is 4.46. The molecule has 0 saturated carbocycles. The van der Waals surface area contributed by atoms with Crippen LogP contribution in [0.4, 0.5) is 0 Å². The highest BCUT2D eigenvalue weighted by atomic mass is 16.3. The summed E-state index contributed by atoms with van der Waals surface area (Å²) in [7, 11) is 0. The van der Waals surface area contributed by atoms with E-state index in [-0.39, 0.29) is 6.61 Å². The van der Waals surface area contributed by atoms with E-state index in [0.29, 0.717) is 5.75 Å². The van der Waals surface area contributed by atoms with E-state index in [1.165, 1.54) is 19.3 Å². The molecule has 1 aliphatic rings. The number of phenolic OH excluding ortho intramolecular Hbond substituents is 1. The first kappa shape index (κ1) is 11.4. The van der Waals surface area contributed by atoms with Crippen LogP contribution < -0.4 is 0 Å². The monoisotopic (exact) mass is 221 g/mol. The third-order valence-corrected chi connectivity index (χ3v) is 3.17. The highest BCUT2D eigenvalue weighted by molar-refractivity contribution is 5.35. The molecule has 1 heterocycles. The highest BCUT2D eigenvalue weighted by Gasteiger charge is 2.12. The number of aliphatic hydroxyl groups is 1. The van der Waals surface area contributed by atoms with Gasteiger partial charge in [0.1, 0.15) is 5.75 Å². The molecule has 0 bridgehead atoms. The lowest BCUT2D eigenvalue weighted by Crippen LogP contribution is -2.29. The van der Waals surface area contributed by atoms with Crippen molar-refractivity contribution in [3.63, 3.8) is 0 Å². The van der Waals surface area contributed by atoms with Gasteiger partial charge in [-0.3, -0.25) is 4.90 Å². The summed E-state index contributed by atoms with van der Waals surface area (Å²) >= 11 is 0. The molecule has 1 aromatic carbocycles. The molecular weight excluding hydrogens is 202 g/mol. The molecule has 0 spiro atoms. The fourth-order valence-electron chi connectivity index (χ4n) is 2.22. The summed E-state index contributed by atoms with van der Waals surface area (Å²) in [5.74, 6) is 0.336. The van der Waals surface area contributed by atoms with Crippen molar-refractivity contribution in [2.24, 2.45) is 0 Å². The van der Waals surface area contributed by atoms with E-state index in [1.807, 2.05) is 6.07 Å². The number of hydrogen-bond donors (Lipinski definition) is 2. The van der Waals surface area contributed by atoms with Crippen molar-refractivity contribution >= 4 is 0 Å². The molecule has 0 aliphatic carbocycles. The molecule has 1 saturated heterocycles. The molecule has 2 rings (SSSR count). The third kappa shape index (κ3) is 2.74. The molecular formula is C13H19NO2. The number of phenols is 1. The second kappa shape index (κ2) is 5.32. The molecule has 0 unspecified atom stereocenters. The van der Waals surface area contributed by atoms with Crippen molar-refractivity contribution in [1.82, 2.24) is 4.90 Å². The molecule has 16 heavy (non-hydrogen) atoms. The van der Waals surface area contributed by atoms with Crippen molar-refractivity contribution in [3.05, 3.63) is 29.3 Å². The van der Waals surface area contributed by atoms with E-state index in [2.05, 4.69) is 4.90 Å². The van der Waals surface area contributed by atoms with E-state index in [0.717, 1.165) is 30.8 Å². The number of rotatable bonds is 3. The smallest absolute Gasteiger partial charge is 0.120 e. The Hall–Kier alpha value is -1.06. The standard InChI is InChI=1S/C13H19NO2/c15-10-11-4-5-13(16)12(8-11)9-14-6-2-1-3-7-14/h4-5,8,15-16H,1-3,6-7,9-10H2. The highest BCUT2D eigenvalue weighted by Crippen LogP contribution is 2.22. The summed E-state index contributed by atoms with van der Waals surface area (Å²) in [6, 6.07) is 5.32. The van der Waals surface area contributed by atoms with Crippen molar-refractivity contribution in [2.75, 3.05) is 13.1 Å². The van der Waals surface area contributed by atoms with Gasteiger partial charge in [0.05, 0.1) is 6.61 Å². The van der Waals surface area contributed by atoms with Crippen LogP contribution >= 0.6 is 0 Å². The largest absolute Gasteiger partial charge is 0.508 e. The number of piperidine rings is 1. The van der Waals surface area contributed by atoms with E-state index in [1.54, 1.807) is 12.1 Å². The molecule has 1 aliphatic heterocycles. The van der Waals surface area contributed by atoms with Crippen molar-refractivity contribution < 1.29 is 10.2 Å². The average molecular weight is 221 g/mol. The summed E-state index contributed by atoms with van der Waals surface area (Å²) in [4.78, 5) is 2.36. The van der Waals surface area contributed by atoms with Crippen LogP contribution in [0.15, 0.2) is 18.2 Å². The fraction of sp³-hybridized carbons (Fsp3) is 0.538. The summed E-state index contributed by atoms with van der Waals surface area (Å²) in [6.45, 7) is 3.05. The van der Waals surface area contributed by atoms with Gasteiger partial charge in [0.2, 0.25) is 0 Å². The van der Waals surface area contributed by atoms with Gasteiger partial charge in [-0.25, -0.2) is 0 Å². The Bertz CT molecular complexity index is 346. The van der Waals surface area contributed by atoms with Crippen LogP contribution in [0.1, 0.15) is 30.4 Å². The molecule has 0 aromatic heterocycles. The lowest BCUT2D eigenvalue weighted by molar-refractivity contribution is 0.218. The van der Waals surface area contributed by atoms with Crippen molar-refractivity contribution in [2.45, 2.75) is 32.4 Å². The topological polar surface area (TPSA) is 43.7 Å². The van der Waals surface area contributed by atoms with Crippen LogP contribution in [-0.2, 0) is 13.2 Å². The summed E-state index contributed by atoms with van der Waals surface area (Å²) in [5.41, 5.74) is 1.79. The van der Waals surface area contributed by atoms with Gasteiger partial charge in [-0.1, -0.05) is 12.5 Å². The molecule has 0 amide bonds. The maximum atomic E-state index is 9.75. The van der Waals surface area contributed by atoms with Crippen molar-refractivity contribution in [3.8, 4) is 5.75 Å². The molecule has 88 valence electrons. The first-order valence-electron chi connectivity index (χ1n) is 5.93. The Morgan fingerprint density at radius 1 is 1.12 bits per heavy atom. The van der Waals surface area contributed by atoms with Gasteiger partial charge < -0.3 is 10.2 Å². The first-order chi connectivity index (χ1) is 7.79. The second-order valence-electron chi connectivity index (χ2n) is 4.46. The molecule has 2 N–H and O–H groups in total. The molecule has 0 radical (unpaired) electrons. The zero-order valence-corrected chi connectivity index (χ0v) is 9.52. The van der Waals surface area contributed by atoms with E-state index in [9.17, 15) is 5.11 Å². The minimum absolute atomic E-state index is 0.0350. The first-order valence-corrected chi connectivity index (χ1v) is 5.93. The van der Waals surface area contributed by atoms with Crippen LogP contribution in [0, 0.1) is 0 Å². The predicted octanol–water partition coefficient (Wildman–Crippen LogP) is 1.87. The number of aliphatic hydroxyl groups excluding tert-OH is 1. The Kier molecular flexibility index (Phi) is 3.80. The van der Waals surface area contributed by atoms with Gasteiger partial charge in [0.15, 0.2) is 0 Å². The number of nitrogens with zero attached hydrogens (tertiary/aromatic N) is 1. The third-order valence-electron chi connectivity index (χ3n) is 3.17. The zero-order chi connectivity index (χ0) is 11.4. The maximum Gasteiger partial charge on any atom is 0.120 e. The van der Waals surface area contributed by atoms with Crippen LogP contribution in [0.25, 0.3) is 0 Å². The maximum absolute atomic E-state index is 9.75. The molecule has 0 atom stereocenters. The van der Waals surface area contributed by atoms with Gasteiger partial charge >= 0.3 is 0 Å².